The summed E-state index contributed by atoms with van der Waals surface area (Å²) in [7, 11) is -3.71. The molecule has 1 aliphatic rings. The number of β-amino-alcohol motifs (C(OH)–C–C–N with tert-alkyl or cyclic N) is 2. The molecule has 4 N–H and O–H groups in total. The average molecular weight is 272 g/mol. The maximum Gasteiger partial charge on any atom is 0.243 e. The van der Waals surface area contributed by atoms with Crippen LogP contribution in [0.5, 0.6) is 0 Å². The molecule has 1 fully saturated rings. The number of benzene rings is 1. The van der Waals surface area contributed by atoms with Crippen molar-refractivity contribution in [3.63, 3.8) is 0 Å². The van der Waals surface area contributed by atoms with Crippen LogP contribution in [0.3, 0.4) is 0 Å². The monoisotopic (exact) mass is 272 g/mol. The molecule has 0 saturated carbocycles. The minimum Gasteiger partial charge on any atom is -0.398 e. The van der Waals surface area contributed by atoms with Crippen molar-refractivity contribution in [2.24, 2.45) is 0 Å². The number of nitrogens with zero attached hydrogens (tertiary/aromatic N) is 1. The summed E-state index contributed by atoms with van der Waals surface area (Å²) in [6.45, 7) is 1.59. The van der Waals surface area contributed by atoms with E-state index in [9.17, 15) is 18.6 Å². The van der Waals surface area contributed by atoms with Gasteiger partial charge in [0.05, 0.1) is 17.1 Å². The molecule has 0 spiro atoms. The van der Waals surface area contributed by atoms with Crippen molar-refractivity contribution in [1.29, 1.82) is 0 Å². The Balaban J connectivity index is 2.34. The van der Waals surface area contributed by atoms with Crippen molar-refractivity contribution in [2.45, 2.75) is 24.0 Å². The van der Waals surface area contributed by atoms with Gasteiger partial charge in [-0.1, -0.05) is 6.07 Å². The van der Waals surface area contributed by atoms with E-state index in [2.05, 4.69) is 0 Å². The Morgan fingerprint density at radius 3 is 2.33 bits per heavy atom. The molecular formula is C11H16N2O4S. The van der Waals surface area contributed by atoms with Gasteiger partial charge in [-0.05, 0) is 24.6 Å². The van der Waals surface area contributed by atoms with E-state index in [-0.39, 0.29) is 18.0 Å². The van der Waals surface area contributed by atoms with Gasteiger partial charge in [0.25, 0.3) is 0 Å². The maximum atomic E-state index is 12.2. The van der Waals surface area contributed by atoms with Gasteiger partial charge in [-0.25, -0.2) is 8.42 Å². The number of sulfonamides is 1. The zero-order valence-corrected chi connectivity index (χ0v) is 10.8. The van der Waals surface area contributed by atoms with Crippen LogP contribution >= 0.6 is 0 Å². The Labute approximate surface area is 106 Å². The highest BCUT2D eigenvalue weighted by molar-refractivity contribution is 7.89. The number of hydrogen-bond acceptors (Lipinski definition) is 5. The fraction of sp³-hybridized carbons (Fsp3) is 0.455. The number of aryl methyl sites for hydroxylation is 1. The Bertz CT molecular complexity index is 548. The van der Waals surface area contributed by atoms with Gasteiger partial charge in [0.2, 0.25) is 10.0 Å². The van der Waals surface area contributed by atoms with Gasteiger partial charge in [0, 0.05) is 18.8 Å². The van der Waals surface area contributed by atoms with Crippen molar-refractivity contribution < 1.29 is 18.6 Å². The molecule has 1 aromatic rings. The fourth-order valence-electron chi connectivity index (χ4n) is 1.86. The number of aliphatic hydroxyl groups is 2. The molecule has 0 unspecified atom stereocenters. The van der Waals surface area contributed by atoms with E-state index in [4.69, 9.17) is 5.73 Å². The third-order valence-corrected chi connectivity index (χ3v) is 4.94. The number of nitrogens with two attached hydrogens (primary N) is 1. The summed E-state index contributed by atoms with van der Waals surface area (Å²) >= 11 is 0. The molecule has 100 valence electrons. The Kier molecular flexibility index (Phi) is 3.33. The molecule has 2 rings (SSSR count). The van der Waals surface area contributed by atoms with E-state index in [1.54, 1.807) is 13.0 Å². The predicted molar refractivity (Wildman–Crippen MR) is 66.4 cm³/mol. The fourth-order valence-corrected chi connectivity index (χ4v) is 3.37. The predicted octanol–water partition coefficient (Wildman–Crippen LogP) is -0.697. The van der Waals surface area contributed by atoms with Gasteiger partial charge >= 0.3 is 0 Å². The van der Waals surface area contributed by atoms with Crippen LogP contribution in [0.2, 0.25) is 0 Å². The van der Waals surface area contributed by atoms with Crippen molar-refractivity contribution >= 4 is 15.7 Å². The molecule has 0 radical (unpaired) electrons. The average Bonchev–Trinajstić information content (AvgIpc) is 2.64. The number of nitrogen functional groups attached to an aromatic ring is 1. The summed E-state index contributed by atoms with van der Waals surface area (Å²) in [5.41, 5.74) is 6.89. The zero-order valence-electron chi connectivity index (χ0n) is 9.94. The second kappa shape index (κ2) is 4.51. The number of rotatable bonds is 2. The lowest BCUT2D eigenvalue weighted by atomic mass is 10.2. The van der Waals surface area contributed by atoms with Crippen LogP contribution in [0.15, 0.2) is 23.1 Å². The highest BCUT2D eigenvalue weighted by Gasteiger charge is 2.37. The number of hydrogen-bond donors (Lipinski definition) is 3. The molecule has 18 heavy (non-hydrogen) atoms. The molecule has 2 atom stereocenters. The first-order chi connectivity index (χ1) is 8.32. The van der Waals surface area contributed by atoms with Gasteiger partial charge in [-0.15, -0.1) is 0 Å². The van der Waals surface area contributed by atoms with E-state index in [1.165, 1.54) is 12.1 Å². The minimum absolute atomic E-state index is 0.0758. The van der Waals surface area contributed by atoms with Gasteiger partial charge in [0.15, 0.2) is 0 Å². The molecule has 0 bridgehead atoms. The van der Waals surface area contributed by atoms with Gasteiger partial charge < -0.3 is 15.9 Å². The Morgan fingerprint density at radius 1 is 1.28 bits per heavy atom. The van der Waals surface area contributed by atoms with Crippen molar-refractivity contribution in [1.82, 2.24) is 4.31 Å². The molecule has 6 nitrogen and oxygen atoms in total. The normalized spacial score (nSPS) is 25.5. The Hall–Kier alpha value is -1.15. The first-order valence-electron chi connectivity index (χ1n) is 5.55. The smallest absolute Gasteiger partial charge is 0.243 e. The van der Waals surface area contributed by atoms with Crippen LogP contribution in [0.4, 0.5) is 5.69 Å². The Morgan fingerprint density at radius 2 is 1.83 bits per heavy atom. The first kappa shape index (κ1) is 13.3. The SMILES string of the molecule is Cc1ccc(S(=O)(=O)N2C[C@@H](O)[C@@H](O)C2)cc1N. The van der Waals surface area contributed by atoms with Crippen LogP contribution < -0.4 is 5.73 Å². The second-order valence-corrected chi connectivity index (χ2v) is 6.41. The van der Waals surface area contributed by atoms with E-state index in [0.717, 1.165) is 9.87 Å². The van der Waals surface area contributed by atoms with Gasteiger partial charge in [-0.3, -0.25) is 0 Å². The lowest BCUT2D eigenvalue weighted by molar-refractivity contribution is 0.0572. The quantitative estimate of drug-likeness (QED) is 0.618. The number of aliphatic hydroxyl groups excluding tert-OH is 2. The van der Waals surface area contributed by atoms with Crippen LogP contribution in [-0.4, -0.2) is 48.2 Å². The standard InChI is InChI=1S/C11H16N2O4S/c1-7-2-3-8(4-9(7)12)18(16,17)13-5-10(14)11(15)6-13/h2-4,10-11,14-15H,5-6,12H2,1H3/t10-,11+. The van der Waals surface area contributed by atoms with Gasteiger partial charge in [0.1, 0.15) is 0 Å². The third kappa shape index (κ3) is 2.22. The minimum atomic E-state index is -3.71. The van der Waals surface area contributed by atoms with E-state index < -0.39 is 22.2 Å². The topological polar surface area (TPSA) is 104 Å². The molecule has 0 aromatic heterocycles. The second-order valence-electron chi connectivity index (χ2n) is 4.48. The van der Waals surface area contributed by atoms with Crippen LogP contribution in [-0.2, 0) is 10.0 Å². The lowest BCUT2D eigenvalue weighted by Gasteiger charge is -2.16. The molecule has 1 heterocycles. The lowest BCUT2D eigenvalue weighted by Crippen LogP contribution is -2.30. The summed E-state index contributed by atoms with van der Waals surface area (Å²) in [5, 5.41) is 18.8. The highest BCUT2D eigenvalue weighted by atomic mass is 32.2. The summed E-state index contributed by atoms with van der Waals surface area (Å²) in [6.07, 6.45) is -2.08. The van der Waals surface area contributed by atoms with Crippen LogP contribution in [0, 0.1) is 6.92 Å². The van der Waals surface area contributed by atoms with Crippen molar-refractivity contribution in [2.75, 3.05) is 18.8 Å². The summed E-state index contributed by atoms with van der Waals surface area (Å²) in [5.74, 6) is 0. The number of anilines is 1. The summed E-state index contributed by atoms with van der Waals surface area (Å²) in [6, 6.07) is 4.49. The molecule has 0 aliphatic carbocycles. The first-order valence-corrected chi connectivity index (χ1v) is 6.99. The summed E-state index contributed by atoms with van der Waals surface area (Å²) in [4.78, 5) is 0.0758. The van der Waals surface area contributed by atoms with Crippen molar-refractivity contribution in [3.05, 3.63) is 23.8 Å². The van der Waals surface area contributed by atoms with E-state index >= 15 is 0 Å². The molecule has 1 aliphatic heterocycles. The largest absolute Gasteiger partial charge is 0.398 e. The molecule has 0 amide bonds. The van der Waals surface area contributed by atoms with E-state index in [0.29, 0.717) is 5.69 Å². The zero-order chi connectivity index (χ0) is 13.5. The van der Waals surface area contributed by atoms with Gasteiger partial charge in [-0.2, -0.15) is 4.31 Å². The molecule has 1 aromatic carbocycles. The van der Waals surface area contributed by atoms with Crippen LogP contribution in [0.25, 0.3) is 0 Å². The molecule has 7 heteroatoms. The molecular weight excluding hydrogens is 256 g/mol. The van der Waals surface area contributed by atoms with E-state index in [1.807, 2.05) is 0 Å². The molecule has 1 saturated heterocycles. The summed E-state index contributed by atoms with van der Waals surface area (Å²) < 4.78 is 25.5. The third-order valence-electron chi connectivity index (χ3n) is 3.11. The van der Waals surface area contributed by atoms with Crippen molar-refractivity contribution in [3.8, 4) is 0 Å². The highest BCUT2D eigenvalue weighted by Crippen LogP contribution is 2.24. The maximum absolute atomic E-state index is 12.2. The van der Waals surface area contributed by atoms with Crippen LogP contribution in [0.1, 0.15) is 5.56 Å².